The standard InChI is InChI=1S/C14H12NO/c1-14(16)10-6-2-4-8-12(10)15-13-9-5-3-7-11(13)14/h2-9,15H,1H3/q-1/p+1. The molecule has 2 aromatic carbocycles. The summed E-state index contributed by atoms with van der Waals surface area (Å²) in [5.74, 6) is 0. The lowest BCUT2D eigenvalue weighted by Crippen LogP contribution is -2.75. The maximum absolute atomic E-state index is 12.7. The van der Waals surface area contributed by atoms with Crippen molar-refractivity contribution in [1.29, 1.82) is 0 Å². The maximum Gasteiger partial charge on any atom is 0.137 e. The zero-order chi connectivity index (χ0) is 11.2. The second-order valence-corrected chi connectivity index (χ2v) is 4.35. The van der Waals surface area contributed by atoms with E-state index in [1.165, 1.54) is 0 Å². The van der Waals surface area contributed by atoms with Crippen molar-refractivity contribution >= 4 is 11.4 Å². The molecule has 0 bridgehead atoms. The summed E-state index contributed by atoms with van der Waals surface area (Å²) in [7, 11) is 0. The Hall–Kier alpha value is -1.64. The molecule has 2 aromatic rings. The minimum absolute atomic E-state index is 0.869. The second kappa shape index (κ2) is 3.17. The van der Waals surface area contributed by atoms with Crippen molar-refractivity contribution in [3.63, 3.8) is 0 Å². The van der Waals surface area contributed by atoms with Gasteiger partial charge >= 0.3 is 0 Å². The van der Waals surface area contributed by atoms with Crippen LogP contribution in [0.4, 0.5) is 11.4 Å². The molecule has 0 atom stereocenters. The van der Waals surface area contributed by atoms with E-state index in [0.717, 1.165) is 22.5 Å². The molecule has 2 heteroatoms. The number of quaternary nitrogens is 1. The number of hydrogen-bond acceptors (Lipinski definition) is 1. The van der Waals surface area contributed by atoms with Gasteiger partial charge in [0.1, 0.15) is 11.4 Å². The first-order chi connectivity index (χ1) is 7.69. The predicted molar refractivity (Wildman–Crippen MR) is 60.6 cm³/mol. The van der Waals surface area contributed by atoms with Gasteiger partial charge in [-0.1, -0.05) is 48.9 Å². The van der Waals surface area contributed by atoms with Gasteiger partial charge in [0, 0.05) is 11.1 Å². The number of para-hydroxylation sites is 2. The van der Waals surface area contributed by atoms with Crippen molar-refractivity contribution in [3.8, 4) is 0 Å². The van der Waals surface area contributed by atoms with E-state index in [1.54, 1.807) is 6.92 Å². The van der Waals surface area contributed by atoms with Crippen LogP contribution in [-0.2, 0) is 5.60 Å². The van der Waals surface area contributed by atoms with Crippen LogP contribution in [0.3, 0.4) is 0 Å². The molecule has 1 aliphatic rings. The van der Waals surface area contributed by atoms with Gasteiger partial charge in [0.05, 0.1) is 0 Å². The molecule has 2 N–H and O–H groups in total. The van der Waals surface area contributed by atoms with Crippen molar-refractivity contribution in [2.75, 3.05) is 0 Å². The first-order valence-electron chi connectivity index (χ1n) is 5.44. The van der Waals surface area contributed by atoms with Gasteiger partial charge in [-0.25, -0.2) is 0 Å². The van der Waals surface area contributed by atoms with Crippen LogP contribution >= 0.6 is 0 Å². The molecule has 0 fully saturated rings. The van der Waals surface area contributed by atoms with E-state index in [9.17, 15) is 5.11 Å². The molecule has 0 radical (unpaired) electrons. The molecule has 80 valence electrons. The summed E-state index contributed by atoms with van der Waals surface area (Å²) in [4.78, 5) is 0. The van der Waals surface area contributed by atoms with E-state index in [1.807, 2.05) is 48.5 Å². The number of benzene rings is 2. The van der Waals surface area contributed by atoms with Gasteiger partial charge in [0.25, 0.3) is 0 Å². The average Bonchev–Trinajstić information content (AvgIpc) is 2.29. The fourth-order valence-electron chi connectivity index (χ4n) is 2.43. The van der Waals surface area contributed by atoms with Gasteiger partial charge in [-0.15, -0.1) is 0 Å². The van der Waals surface area contributed by atoms with E-state index >= 15 is 0 Å². The summed E-state index contributed by atoms with van der Waals surface area (Å²) in [5.41, 5.74) is 2.68. The second-order valence-electron chi connectivity index (χ2n) is 4.35. The van der Waals surface area contributed by atoms with Crippen LogP contribution in [0.5, 0.6) is 0 Å². The van der Waals surface area contributed by atoms with Gasteiger partial charge in [-0.05, 0) is 12.1 Å². The Morgan fingerprint density at radius 2 is 1.31 bits per heavy atom. The minimum Gasteiger partial charge on any atom is -0.842 e. The fourth-order valence-corrected chi connectivity index (χ4v) is 2.43. The van der Waals surface area contributed by atoms with Crippen molar-refractivity contribution in [1.82, 2.24) is 0 Å². The van der Waals surface area contributed by atoms with Crippen molar-refractivity contribution in [3.05, 3.63) is 59.7 Å². The molecule has 0 aliphatic carbocycles. The van der Waals surface area contributed by atoms with Gasteiger partial charge in [0.15, 0.2) is 0 Å². The average molecular weight is 211 g/mol. The van der Waals surface area contributed by atoms with Crippen LogP contribution in [0.25, 0.3) is 0 Å². The van der Waals surface area contributed by atoms with E-state index < -0.39 is 5.60 Å². The summed E-state index contributed by atoms with van der Waals surface area (Å²) in [6, 6.07) is 15.7. The smallest absolute Gasteiger partial charge is 0.137 e. The van der Waals surface area contributed by atoms with Gasteiger partial charge < -0.3 is 5.11 Å². The molecule has 0 saturated carbocycles. The van der Waals surface area contributed by atoms with E-state index in [0.29, 0.717) is 0 Å². The summed E-state index contributed by atoms with van der Waals surface area (Å²) >= 11 is 0. The largest absolute Gasteiger partial charge is 0.842 e. The molecule has 1 aliphatic heterocycles. The molecule has 1 heterocycles. The predicted octanol–water partition coefficient (Wildman–Crippen LogP) is 1.15. The van der Waals surface area contributed by atoms with Gasteiger partial charge in [0.2, 0.25) is 0 Å². The third-order valence-electron chi connectivity index (χ3n) is 3.26. The third-order valence-corrected chi connectivity index (χ3v) is 3.26. The number of nitrogens with two attached hydrogens (primary N) is 1. The quantitative estimate of drug-likeness (QED) is 0.652. The molecule has 16 heavy (non-hydrogen) atoms. The number of hydrogen-bond donors (Lipinski definition) is 1. The van der Waals surface area contributed by atoms with Crippen molar-refractivity contribution in [2.24, 2.45) is 0 Å². The topological polar surface area (TPSA) is 39.7 Å². The van der Waals surface area contributed by atoms with Crippen LogP contribution < -0.4 is 10.4 Å². The Kier molecular flexibility index (Phi) is 1.90. The van der Waals surface area contributed by atoms with Gasteiger partial charge in [-0.2, -0.15) is 0 Å². The zero-order valence-electron chi connectivity index (χ0n) is 9.10. The molecule has 0 saturated heterocycles. The SMILES string of the molecule is CC1([O-])c2ccccc2[NH2+]c2ccccc21. The highest BCUT2D eigenvalue weighted by molar-refractivity contribution is 5.58. The number of rotatable bonds is 0. The first-order valence-corrected chi connectivity index (χ1v) is 5.44. The Morgan fingerprint density at radius 3 is 1.81 bits per heavy atom. The van der Waals surface area contributed by atoms with E-state index in [4.69, 9.17) is 0 Å². The Balaban J connectivity index is 2.28. The van der Waals surface area contributed by atoms with Gasteiger partial charge in [-0.3, -0.25) is 5.32 Å². The Bertz CT molecular complexity index is 498. The van der Waals surface area contributed by atoms with E-state index in [-0.39, 0.29) is 0 Å². The molecule has 0 spiro atoms. The summed E-state index contributed by atoms with van der Waals surface area (Å²) in [6.07, 6.45) is 0. The lowest BCUT2D eigenvalue weighted by Gasteiger charge is -2.41. The lowest BCUT2D eigenvalue weighted by atomic mass is 9.83. The van der Waals surface area contributed by atoms with Crippen molar-refractivity contribution in [2.45, 2.75) is 12.5 Å². The zero-order valence-corrected chi connectivity index (χ0v) is 9.10. The summed E-state index contributed by atoms with van der Waals surface area (Å²) < 4.78 is 0. The van der Waals surface area contributed by atoms with Crippen LogP contribution in [0.15, 0.2) is 48.5 Å². The monoisotopic (exact) mass is 211 g/mol. The highest BCUT2D eigenvalue weighted by Crippen LogP contribution is 2.36. The summed E-state index contributed by atoms with van der Waals surface area (Å²) in [6.45, 7) is 1.75. The third kappa shape index (κ3) is 1.21. The molecular weight excluding hydrogens is 198 g/mol. The van der Waals surface area contributed by atoms with Crippen LogP contribution in [0, 0.1) is 0 Å². The fraction of sp³-hybridized carbons (Fsp3) is 0.143. The Morgan fingerprint density at radius 1 is 0.875 bits per heavy atom. The van der Waals surface area contributed by atoms with Crippen LogP contribution in [-0.4, -0.2) is 0 Å². The van der Waals surface area contributed by atoms with Crippen LogP contribution in [0.2, 0.25) is 0 Å². The van der Waals surface area contributed by atoms with Crippen molar-refractivity contribution < 1.29 is 10.4 Å². The van der Waals surface area contributed by atoms with E-state index in [2.05, 4.69) is 5.32 Å². The molecule has 0 aromatic heterocycles. The maximum atomic E-state index is 12.7. The lowest BCUT2D eigenvalue weighted by molar-refractivity contribution is -0.511. The molecular formula is C14H13NO. The first kappa shape index (κ1) is 9.58. The Labute approximate surface area is 94.6 Å². The minimum atomic E-state index is -1.14. The number of fused-ring (bicyclic) bond motifs is 2. The normalized spacial score (nSPS) is 16.4. The highest BCUT2D eigenvalue weighted by Gasteiger charge is 2.29. The summed E-state index contributed by atoms with van der Waals surface area (Å²) in [5, 5.41) is 14.8. The van der Waals surface area contributed by atoms with Crippen LogP contribution in [0.1, 0.15) is 18.1 Å². The highest BCUT2D eigenvalue weighted by atomic mass is 16.3. The molecule has 0 unspecified atom stereocenters. The molecule has 0 amide bonds. The molecule has 2 nitrogen and oxygen atoms in total. The molecule has 3 rings (SSSR count).